The van der Waals surface area contributed by atoms with Crippen LogP contribution < -0.4 is 0 Å². The normalized spacial score (nSPS) is 33.0. The van der Waals surface area contributed by atoms with Crippen molar-refractivity contribution in [2.75, 3.05) is 0 Å². The molecule has 0 radical (unpaired) electrons. The minimum absolute atomic E-state index is 0.122. The van der Waals surface area contributed by atoms with Gasteiger partial charge >= 0.3 is 6.18 Å². The molecule has 1 aliphatic carbocycles. The molecule has 0 aliphatic heterocycles. The van der Waals surface area contributed by atoms with Crippen molar-refractivity contribution < 1.29 is 13.2 Å². The second-order valence-electron chi connectivity index (χ2n) is 5.44. The largest absolute Gasteiger partial charge is 0.395 e. The first-order valence-corrected chi connectivity index (χ1v) is 5.80. The maximum absolute atomic E-state index is 13.3. The summed E-state index contributed by atoms with van der Waals surface area (Å²) in [5.74, 6) is -0.388. The number of halogens is 3. The summed E-state index contributed by atoms with van der Waals surface area (Å²) < 4.78 is 39.8. The molecule has 0 N–H and O–H groups in total. The fourth-order valence-electron chi connectivity index (χ4n) is 3.38. The lowest BCUT2D eigenvalue weighted by atomic mass is 9.65. The van der Waals surface area contributed by atoms with Gasteiger partial charge in [0.2, 0.25) is 0 Å². The molecule has 0 amide bonds. The average molecular weight is 222 g/mol. The van der Waals surface area contributed by atoms with Gasteiger partial charge in [-0.2, -0.15) is 13.2 Å². The molecule has 0 aromatic heterocycles. The Morgan fingerprint density at radius 2 is 1.67 bits per heavy atom. The van der Waals surface area contributed by atoms with Crippen LogP contribution in [0.3, 0.4) is 0 Å². The zero-order valence-electron chi connectivity index (χ0n) is 9.99. The summed E-state index contributed by atoms with van der Waals surface area (Å²) in [7, 11) is 0. The van der Waals surface area contributed by atoms with E-state index in [2.05, 4.69) is 0 Å². The van der Waals surface area contributed by atoms with Crippen LogP contribution in [0.5, 0.6) is 0 Å². The molecule has 0 heterocycles. The second-order valence-corrected chi connectivity index (χ2v) is 5.44. The van der Waals surface area contributed by atoms with Gasteiger partial charge in [-0.3, -0.25) is 0 Å². The Morgan fingerprint density at radius 1 is 1.13 bits per heavy atom. The standard InChI is InChI=1S/C12H21F3/c1-8(2)10-6-5-7-11(10,9(3)4)12(13,14)15/h8-10H,5-7H2,1-4H3. The van der Waals surface area contributed by atoms with Crippen LogP contribution in [0.15, 0.2) is 0 Å². The van der Waals surface area contributed by atoms with E-state index in [1.54, 1.807) is 13.8 Å². The molecule has 0 aromatic carbocycles. The zero-order valence-corrected chi connectivity index (χ0v) is 9.99. The topological polar surface area (TPSA) is 0 Å². The van der Waals surface area contributed by atoms with E-state index in [0.717, 1.165) is 12.8 Å². The first kappa shape index (κ1) is 12.9. The van der Waals surface area contributed by atoms with E-state index in [0.29, 0.717) is 6.42 Å². The van der Waals surface area contributed by atoms with Crippen molar-refractivity contribution in [2.24, 2.45) is 23.2 Å². The molecule has 1 rings (SSSR count). The monoisotopic (exact) mass is 222 g/mol. The Morgan fingerprint density at radius 3 is 1.93 bits per heavy atom. The molecule has 1 fully saturated rings. The summed E-state index contributed by atoms with van der Waals surface area (Å²) in [6.45, 7) is 7.26. The molecule has 2 atom stereocenters. The van der Waals surface area contributed by atoms with Gasteiger partial charge in [0.15, 0.2) is 0 Å². The highest BCUT2D eigenvalue weighted by Gasteiger charge is 2.62. The number of rotatable bonds is 2. The van der Waals surface area contributed by atoms with Crippen molar-refractivity contribution in [1.29, 1.82) is 0 Å². The highest BCUT2D eigenvalue weighted by atomic mass is 19.4. The zero-order chi connectivity index (χ0) is 11.9. The second kappa shape index (κ2) is 3.99. The molecule has 0 saturated heterocycles. The van der Waals surface area contributed by atoms with Gasteiger partial charge in [-0.1, -0.05) is 34.1 Å². The van der Waals surface area contributed by atoms with E-state index in [9.17, 15) is 13.2 Å². The summed E-state index contributed by atoms with van der Waals surface area (Å²) in [6.07, 6.45) is -2.28. The highest BCUT2D eigenvalue weighted by Crippen LogP contribution is 2.60. The summed E-state index contributed by atoms with van der Waals surface area (Å²) in [6, 6.07) is 0. The van der Waals surface area contributed by atoms with Crippen LogP contribution in [-0.2, 0) is 0 Å². The minimum atomic E-state index is -4.05. The molecule has 0 bridgehead atoms. The van der Waals surface area contributed by atoms with E-state index in [1.807, 2.05) is 13.8 Å². The number of hydrogen-bond donors (Lipinski definition) is 0. The Hall–Kier alpha value is -0.210. The van der Waals surface area contributed by atoms with Crippen LogP contribution >= 0.6 is 0 Å². The smallest absolute Gasteiger partial charge is 0.170 e. The first-order chi connectivity index (χ1) is 6.73. The molecule has 1 aliphatic rings. The molecule has 0 aromatic rings. The Labute approximate surface area is 90.2 Å². The average Bonchev–Trinajstić information content (AvgIpc) is 2.45. The molecular formula is C12H21F3. The lowest BCUT2D eigenvalue weighted by molar-refractivity contribution is -0.257. The third-order valence-corrected chi connectivity index (χ3v) is 4.13. The third-order valence-electron chi connectivity index (χ3n) is 4.13. The summed E-state index contributed by atoms with van der Waals surface area (Å²) in [5, 5.41) is 0. The van der Waals surface area contributed by atoms with Crippen molar-refractivity contribution in [3.8, 4) is 0 Å². The van der Waals surface area contributed by atoms with Crippen molar-refractivity contribution >= 4 is 0 Å². The van der Waals surface area contributed by atoms with E-state index >= 15 is 0 Å². The van der Waals surface area contributed by atoms with Gasteiger partial charge in [-0.05, 0) is 30.6 Å². The van der Waals surface area contributed by atoms with Crippen molar-refractivity contribution in [3.05, 3.63) is 0 Å². The fraction of sp³-hybridized carbons (Fsp3) is 1.00. The predicted octanol–water partition coefficient (Wildman–Crippen LogP) is 4.65. The van der Waals surface area contributed by atoms with Gasteiger partial charge in [0.1, 0.15) is 0 Å². The third kappa shape index (κ3) is 1.90. The summed E-state index contributed by atoms with van der Waals surface area (Å²) in [4.78, 5) is 0. The van der Waals surface area contributed by atoms with Crippen LogP contribution in [0.2, 0.25) is 0 Å². The first-order valence-electron chi connectivity index (χ1n) is 5.80. The fourth-order valence-corrected chi connectivity index (χ4v) is 3.38. The molecule has 1 saturated carbocycles. The van der Waals surface area contributed by atoms with Crippen molar-refractivity contribution in [3.63, 3.8) is 0 Å². The summed E-state index contributed by atoms with van der Waals surface area (Å²) in [5.41, 5.74) is -1.43. The van der Waals surface area contributed by atoms with Crippen LogP contribution in [0.1, 0.15) is 47.0 Å². The van der Waals surface area contributed by atoms with Gasteiger partial charge in [0.05, 0.1) is 5.41 Å². The number of hydrogen-bond acceptors (Lipinski definition) is 0. The summed E-state index contributed by atoms with van der Waals surface area (Å²) >= 11 is 0. The highest BCUT2D eigenvalue weighted by molar-refractivity contribution is 5.00. The Bertz CT molecular complexity index is 217. The molecule has 3 heteroatoms. The van der Waals surface area contributed by atoms with Gasteiger partial charge in [0, 0.05) is 0 Å². The SMILES string of the molecule is CC(C)C1CCCC1(C(C)C)C(F)(F)F. The Kier molecular flexibility index (Phi) is 3.42. The maximum atomic E-state index is 13.3. The van der Waals surface area contributed by atoms with E-state index < -0.39 is 11.6 Å². The molecule has 90 valence electrons. The lowest BCUT2D eigenvalue weighted by Crippen LogP contribution is -2.47. The van der Waals surface area contributed by atoms with Crippen molar-refractivity contribution in [2.45, 2.75) is 53.1 Å². The molecule has 2 unspecified atom stereocenters. The van der Waals surface area contributed by atoms with Crippen LogP contribution in [0, 0.1) is 23.2 Å². The van der Waals surface area contributed by atoms with Gasteiger partial charge < -0.3 is 0 Å². The molecule has 0 spiro atoms. The van der Waals surface area contributed by atoms with Crippen LogP contribution in [0.25, 0.3) is 0 Å². The van der Waals surface area contributed by atoms with Gasteiger partial charge in [0.25, 0.3) is 0 Å². The predicted molar refractivity (Wildman–Crippen MR) is 55.5 cm³/mol. The van der Waals surface area contributed by atoms with Crippen LogP contribution in [-0.4, -0.2) is 6.18 Å². The molecule has 15 heavy (non-hydrogen) atoms. The minimum Gasteiger partial charge on any atom is -0.170 e. The van der Waals surface area contributed by atoms with Crippen LogP contribution in [0.4, 0.5) is 13.2 Å². The van der Waals surface area contributed by atoms with Gasteiger partial charge in [-0.25, -0.2) is 0 Å². The lowest BCUT2D eigenvalue weighted by Gasteiger charge is -2.42. The maximum Gasteiger partial charge on any atom is 0.395 e. The quantitative estimate of drug-likeness (QED) is 0.638. The van der Waals surface area contributed by atoms with E-state index in [4.69, 9.17) is 0 Å². The van der Waals surface area contributed by atoms with Gasteiger partial charge in [-0.15, -0.1) is 0 Å². The van der Waals surface area contributed by atoms with E-state index in [1.165, 1.54) is 0 Å². The van der Waals surface area contributed by atoms with Crippen molar-refractivity contribution in [1.82, 2.24) is 0 Å². The Balaban J connectivity index is 3.10. The number of alkyl halides is 3. The molecular weight excluding hydrogens is 201 g/mol. The van der Waals surface area contributed by atoms with E-state index in [-0.39, 0.29) is 17.8 Å². The molecule has 0 nitrogen and oxygen atoms in total.